The lowest BCUT2D eigenvalue weighted by Crippen LogP contribution is -2.47. The Balaban J connectivity index is 1.85. The number of nitrogens with zero attached hydrogens (tertiary/aromatic N) is 2. The third kappa shape index (κ3) is 2.73. The Morgan fingerprint density at radius 3 is 2.79 bits per heavy atom. The molecule has 6 heteroatoms. The molecule has 0 spiro atoms. The maximum absolute atomic E-state index is 12.7. The molecule has 24 heavy (non-hydrogen) atoms. The van der Waals surface area contributed by atoms with E-state index < -0.39 is 0 Å². The fraction of sp³-hybridized carbons (Fsp3) is 0.389. The summed E-state index contributed by atoms with van der Waals surface area (Å²) in [5, 5.41) is 3.21. The molecule has 3 amide bonds. The molecule has 1 aromatic carbocycles. The highest BCUT2D eigenvalue weighted by molar-refractivity contribution is 6.22. The fourth-order valence-electron chi connectivity index (χ4n) is 3.30. The second kappa shape index (κ2) is 6.57. The van der Waals surface area contributed by atoms with E-state index in [0.717, 1.165) is 17.7 Å². The normalized spacial score (nSPS) is 20.3. The number of benzene rings is 1. The van der Waals surface area contributed by atoms with E-state index in [0.29, 0.717) is 35.8 Å². The van der Waals surface area contributed by atoms with Crippen LogP contribution in [0, 0.1) is 0 Å². The lowest BCUT2D eigenvalue weighted by Gasteiger charge is -2.32. The van der Waals surface area contributed by atoms with E-state index in [4.69, 9.17) is 0 Å². The van der Waals surface area contributed by atoms with Gasteiger partial charge in [-0.05, 0) is 38.1 Å². The summed E-state index contributed by atoms with van der Waals surface area (Å²) in [5.74, 6) is -0.793. The lowest BCUT2D eigenvalue weighted by atomic mass is 10.0. The molecule has 2 heterocycles. The van der Waals surface area contributed by atoms with Crippen LogP contribution in [0.5, 0.6) is 0 Å². The first-order valence-corrected chi connectivity index (χ1v) is 8.14. The summed E-state index contributed by atoms with van der Waals surface area (Å²) in [6.07, 6.45) is 3.51. The predicted octanol–water partition coefficient (Wildman–Crippen LogP) is 1.29. The molecule has 0 aromatic heterocycles. The Morgan fingerprint density at radius 2 is 2.08 bits per heavy atom. The molecule has 1 saturated heterocycles. The van der Waals surface area contributed by atoms with Gasteiger partial charge in [0.1, 0.15) is 0 Å². The number of nitrogens with one attached hydrogen (secondary N) is 1. The number of imide groups is 1. The molecule has 0 radical (unpaired) electrons. The smallest absolute Gasteiger partial charge is 0.261 e. The van der Waals surface area contributed by atoms with Gasteiger partial charge in [0.25, 0.3) is 17.7 Å². The molecule has 3 rings (SSSR count). The number of carbonyl (C=O) groups excluding carboxylic acids is 3. The van der Waals surface area contributed by atoms with Crippen LogP contribution in [-0.2, 0) is 0 Å². The monoisotopic (exact) mass is 327 g/mol. The fourth-order valence-corrected chi connectivity index (χ4v) is 3.30. The molecule has 0 aliphatic carbocycles. The first-order chi connectivity index (χ1) is 11.6. The number of likely N-dealkylation sites (N-methyl/N-ethyl adjacent to an activating group) is 1. The van der Waals surface area contributed by atoms with Crippen LogP contribution in [0.4, 0.5) is 0 Å². The maximum atomic E-state index is 12.7. The van der Waals surface area contributed by atoms with Crippen LogP contribution in [0.3, 0.4) is 0 Å². The van der Waals surface area contributed by atoms with E-state index >= 15 is 0 Å². The van der Waals surface area contributed by atoms with E-state index in [1.807, 2.05) is 7.05 Å². The number of hydrogen-bond donors (Lipinski definition) is 1. The standard InChI is InChI=1S/C18H21N3O3/c1-3-8-21-17(23)14-7-6-12(10-15(14)18(21)24)16(22)20-9-4-5-13(11-20)19-2/h3,6-7,10,13,19H,1,4-5,8-9,11H2,2H3. The second-order valence-corrected chi connectivity index (χ2v) is 6.15. The van der Waals surface area contributed by atoms with Gasteiger partial charge in [-0.3, -0.25) is 19.3 Å². The minimum absolute atomic E-state index is 0.0971. The molecular weight excluding hydrogens is 306 g/mol. The number of piperidine rings is 1. The molecule has 0 bridgehead atoms. The Kier molecular flexibility index (Phi) is 4.49. The Labute approximate surface area is 141 Å². The minimum atomic E-state index is -0.365. The third-order valence-electron chi connectivity index (χ3n) is 4.65. The van der Waals surface area contributed by atoms with Crippen LogP contribution in [0.2, 0.25) is 0 Å². The molecule has 2 aliphatic heterocycles. The van der Waals surface area contributed by atoms with Gasteiger partial charge in [0.05, 0.1) is 11.1 Å². The van der Waals surface area contributed by atoms with Gasteiger partial charge in [0.2, 0.25) is 0 Å². The zero-order chi connectivity index (χ0) is 17.3. The third-order valence-corrected chi connectivity index (χ3v) is 4.65. The van der Waals surface area contributed by atoms with Crippen LogP contribution in [0.15, 0.2) is 30.9 Å². The molecule has 0 saturated carbocycles. The van der Waals surface area contributed by atoms with Crippen molar-refractivity contribution in [2.24, 2.45) is 0 Å². The first kappa shape index (κ1) is 16.4. The summed E-state index contributed by atoms with van der Waals surface area (Å²) < 4.78 is 0. The summed E-state index contributed by atoms with van der Waals surface area (Å²) in [7, 11) is 1.90. The Bertz CT molecular complexity index is 713. The van der Waals surface area contributed by atoms with Crippen molar-refractivity contribution in [2.75, 3.05) is 26.7 Å². The van der Waals surface area contributed by atoms with Crippen molar-refractivity contribution < 1.29 is 14.4 Å². The molecule has 126 valence electrons. The molecule has 1 fully saturated rings. The summed E-state index contributed by atoms with van der Waals surface area (Å²) in [4.78, 5) is 40.3. The average Bonchev–Trinajstić information content (AvgIpc) is 2.86. The number of likely N-dealkylation sites (tertiary alicyclic amines) is 1. The van der Waals surface area contributed by atoms with Gasteiger partial charge in [-0.2, -0.15) is 0 Å². The maximum Gasteiger partial charge on any atom is 0.261 e. The summed E-state index contributed by atoms with van der Waals surface area (Å²) in [6, 6.07) is 5.05. The van der Waals surface area contributed by atoms with Gasteiger partial charge in [-0.1, -0.05) is 6.08 Å². The predicted molar refractivity (Wildman–Crippen MR) is 90.0 cm³/mol. The van der Waals surface area contributed by atoms with Gasteiger partial charge in [0, 0.05) is 31.2 Å². The molecule has 1 unspecified atom stereocenters. The molecule has 2 aliphatic rings. The summed E-state index contributed by atoms with van der Waals surface area (Å²) in [6.45, 7) is 5.10. The van der Waals surface area contributed by atoms with Gasteiger partial charge >= 0.3 is 0 Å². The van der Waals surface area contributed by atoms with E-state index in [2.05, 4.69) is 11.9 Å². The highest BCUT2D eigenvalue weighted by Gasteiger charge is 2.35. The second-order valence-electron chi connectivity index (χ2n) is 6.15. The average molecular weight is 327 g/mol. The van der Waals surface area contributed by atoms with Gasteiger partial charge < -0.3 is 10.2 Å². The topological polar surface area (TPSA) is 69.7 Å². The number of rotatable bonds is 4. The zero-order valence-corrected chi connectivity index (χ0v) is 13.7. The van der Waals surface area contributed by atoms with Crippen molar-refractivity contribution in [1.29, 1.82) is 0 Å². The molecule has 6 nitrogen and oxygen atoms in total. The molecule has 1 atom stereocenters. The SMILES string of the molecule is C=CCN1C(=O)c2ccc(C(=O)N3CCCC(NC)C3)cc2C1=O. The van der Waals surface area contributed by atoms with Gasteiger partial charge in [-0.25, -0.2) is 0 Å². The van der Waals surface area contributed by atoms with Crippen molar-refractivity contribution in [3.05, 3.63) is 47.5 Å². The van der Waals surface area contributed by atoms with Crippen molar-refractivity contribution in [2.45, 2.75) is 18.9 Å². The lowest BCUT2D eigenvalue weighted by molar-refractivity contribution is 0.0670. The van der Waals surface area contributed by atoms with E-state index in [1.54, 1.807) is 23.1 Å². The van der Waals surface area contributed by atoms with Crippen LogP contribution in [-0.4, -0.2) is 60.2 Å². The van der Waals surface area contributed by atoms with Gasteiger partial charge in [-0.15, -0.1) is 6.58 Å². The Hall–Kier alpha value is -2.47. The molecule has 1 aromatic rings. The highest BCUT2D eigenvalue weighted by atomic mass is 16.2. The van der Waals surface area contributed by atoms with Crippen LogP contribution >= 0.6 is 0 Å². The van der Waals surface area contributed by atoms with Crippen molar-refractivity contribution in [1.82, 2.24) is 15.1 Å². The van der Waals surface area contributed by atoms with Crippen LogP contribution in [0.1, 0.15) is 43.9 Å². The summed E-state index contributed by atoms with van der Waals surface area (Å²) >= 11 is 0. The highest BCUT2D eigenvalue weighted by Crippen LogP contribution is 2.25. The number of fused-ring (bicyclic) bond motifs is 1. The van der Waals surface area contributed by atoms with Crippen molar-refractivity contribution in [3.63, 3.8) is 0 Å². The Morgan fingerprint density at radius 1 is 1.33 bits per heavy atom. The quantitative estimate of drug-likeness (QED) is 0.668. The van der Waals surface area contributed by atoms with E-state index in [9.17, 15) is 14.4 Å². The molecule has 1 N–H and O–H groups in total. The number of hydrogen-bond acceptors (Lipinski definition) is 4. The van der Waals surface area contributed by atoms with Crippen LogP contribution < -0.4 is 5.32 Å². The zero-order valence-electron chi connectivity index (χ0n) is 13.7. The van der Waals surface area contributed by atoms with E-state index in [1.165, 1.54) is 6.08 Å². The van der Waals surface area contributed by atoms with E-state index in [-0.39, 0.29) is 24.3 Å². The largest absolute Gasteiger partial charge is 0.337 e. The van der Waals surface area contributed by atoms with Crippen molar-refractivity contribution in [3.8, 4) is 0 Å². The summed E-state index contributed by atoms with van der Waals surface area (Å²) in [5.41, 5.74) is 1.10. The number of amides is 3. The van der Waals surface area contributed by atoms with Crippen LogP contribution in [0.25, 0.3) is 0 Å². The first-order valence-electron chi connectivity index (χ1n) is 8.14. The van der Waals surface area contributed by atoms with Gasteiger partial charge in [0.15, 0.2) is 0 Å². The number of carbonyl (C=O) groups is 3. The minimum Gasteiger partial charge on any atom is -0.337 e. The molecular formula is C18H21N3O3. The van der Waals surface area contributed by atoms with Crippen molar-refractivity contribution >= 4 is 17.7 Å².